The third-order valence-electron chi connectivity index (χ3n) is 7.27. The van der Waals surface area contributed by atoms with E-state index in [4.69, 9.17) is 0 Å². The largest absolute Gasteiger partial charge is 0.322 e. The van der Waals surface area contributed by atoms with Gasteiger partial charge in [-0.2, -0.15) is 0 Å². The Morgan fingerprint density at radius 2 is 1.67 bits per heavy atom. The standard InChI is InChI=1S/C25H26N2O3/c1-3-16-8-12-18(13-9-16)27-24(29)20-19-5-4-14-26(19)22(21(20)25(27)30)23(28)17-10-6-15(2)7-11-17/h6-13,19-22H,3-5,14H2,1-2H3/p+1/t19-,20-,21-,22+/m1/s1. The molecular formula is C25H27N2O3+. The van der Waals surface area contributed by atoms with Crippen molar-refractivity contribution in [1.29, 1.82) is 0 Å². The third-order valence-corrected chi connectivity index (χ3v) is 7.27. The van der Waals surface area contributed by atoms with Gasteiger partial charge < -0.3 is 4.90 Å². The molecule has 0 spiro atoms. The summed E-state index contributed by atoms with van der Waals surface area (Å²) in [5.41, 5.74) is 3.51. The second-order valence-corrected chi connectivity index (χ2v) is 8.87. The van der Waals surface area contributed by atoms with Crippen LogP contribution >= 0.6 is 0 Å². The van der Waals surface area contributed by atoms with E-state index in [0.29, 0.717) is 11.3 Å². The monoisotopic (exact) mass is 403 g/mol. The van der Waals surface area contributed by atoms with Crippen LogP contribution < -0.4 is 9.80 Å². The van der Waals surface area contributed by atoms with Gasteiger partial charge in [-0.3, -0.25) is 14.4 Å². The molecule has 3 fully saturated rings. The molecule has 3 heterocycles. The number of Topliss-reactive ketones (excluding diaryl/α,β-unsaturated/α-hetero) is 1. The number of carbonyl (C=O) groups excluding carboxylic acids is 3. The van der Waals surface area contributed by atoms with Gasteiger partial charge in [-0.1, -0.05) is 48.9 Å². The molecule has 0 aliphatic carbocycles. The lowest BCUT2D eigenvalue weighted by Gasteiger charge is -2.25. The highest BCUT2D eigenvalue weighted by molar-refractivity contribution is 6.24. The Hall–Kier alpha value is -2.79. The number of imide groups is 1. The number of aryl methyl sites for hydroxylation is 2. The van der Waals surface area contributed by atoms with Gasteiger partial charge in [0.05, 0.1) is 12.2 Å². The zero-order valence-corrected chi connectivity index (χ0v) is 17.4. The topological polar surface area (TPSA) is 58.9 Å². The summed E-state index contributed by atoms with van der Waals surface area (Å²) in [6.07, 6.45) is 2.80. The smallest absolute Gasteiger partial charge is 0.244 e. The van der Waals surface area contributed by atoms with Crippen LogP contribution in [0.25, 0.3) is 0 Å². The SMILES string of the molecule is CCc1ccc(N2C(=O)[C@@H]3[C@H](C2=O)[C@H]2CCC[NH+]2[C@@H]3C(=O)c2ccc(C)cc2)cc1. The molecule has 30 heavy (non-hydrogen) atoms. The number of ketones is 1. The van der Waals surface area contributed by atoms with E-state index in [1.54, 1.807) is 0 Å². The summed E-state index contributed by atoms with van der Waals surface area (Å²) in [6.45, 7) is 4.92. The van der Waals surface area contributed by atoms with E-state index in [9.17, 15) is 14.4 Å². The van der Waals surface area contributed by atoms with Crippen molar-refractivity contribution < 1.29 is 19.3 Å². The average Bonchev–Trinajstić information content (AvgIpc) is 3.40. The average molecular weight is 404 g/mol. The van der Waals surface area contributed by atoms with Crippen molar-refractivity contribution in [1.82, 2.24) is 0 Å². The molecule has 3 saturated heterocycles. The first-order valence-electron chi connectivity index (χ1n) is 10.9. The Kier molecular flexibility index (Phi) is 4.58. The van der Waals surface area contributed by atoms with E-state index >= 15 is 0 Å². The van der Waals surface area contributed by atoms with Gasteiger partial charge in [-0.05, 0) is 31.0 Å². The van der Waals surface area contributed by atoms with Crippen LogP contribution in [0.5, 0.6) is 0 Å². The maximum Gasteiger partial charge on any atom is 0.244 e. The number of quaternary nitrogens is 1. The van der Waals surface area contributed by atoms with Crippen molar-refractivity contribution in [3.8, 4) is 0 Å². The summed E-state index contributed by atoms with van der Waals surface area (Å²) in [5, 5.41) is 0. The Morgan fingerprint density at radius 1 is 1.00 bits per heavy atom. The van der Waals surface area contributed by atoms with Gasteiger partial charge in [0, 0.05) is 18.4 Å². The Balaban J connectivity index is 1.52. The molecule has 0 aromatic heterocycles. The van der Waals surface area contributed by atoms with E-state index in [1.807, 2.05) is 55.5 Å². The quantitative estimate of drug-likeness (QED) is 0.627. The van der Waals surface area contributed by atoms with Gasteiger partial charge in [-0.25, -0.2) is 4.90 Å². The number of nitrogens with one attached hydrogen (secondary N) is 1. The van der Waals surface area contributed by atoms with Crippen LogP contribution in [0, 0.1) is 18.8 Å². The van der Waals surface area contributed by atoms with Crippen molar-refractivity contribution >= 4 is 23.3 Å². The minimum Gasteiger partial charge on any atom is -0.322 e. The summed E-state index contributed by atoms with van der Waals surface area (Å²) in [7, 11) is 0. The van der Waals surface area contributed by atoms with E-state index in [-0.39, 0.29) is 29.6 Å². The molecular weight excluding hydrogens is 376 g/mol. The molecule has 5 nitrogen and oxygen atoms in total. The minimum absolute atomic E-state index is 0.00580. The number of anilines is 1. The van der Waals surface area contributed by atoms with Gasteiger partial charge in [0.1, 0.15) is 17.9 Å². The lowest BCUT2D eigenvalue weighted by Crippen LogP contribution is -3.16. The van der Waals surface area contributed by atoms with Crippen LogP contribution in [0.15, 0.2) is 48.5 Å². The maximum atomic E-state index is 13.5. The lowest BCUT2D eigenvalue weighted by molar-refractivity contribution is -0.915. The minimum atomic E-state index is -0.558. The number of amides is 2. The predicted molar refractivity (Wildman–Crippen MR) is 113 cm³/mol. The molecule has 3 aliphatic rings. The summed E-state index contributed by atoms with van der Waals surface area (Å²) in [4.78, 5) is 43.0. The van der Waals surface area contributed by atoms with Crippen molar-refractivity contribution in [3.63, 3.8) is 0 Å². The van der Waals surface area contributed by atoms with Crippen molar-refractivity contribution in [3.05, 3.63) is 65.2 Å². The lowest BCUT2D eigenvalue weighted by atomic mass is 9.85. The zero-order chi connectivity index (χ0) is 21.0. The number of benzene rings is 2. The predicted octanol–water partition coefficient (Wildman–Crippen LogP) is 1.98. The third kappa shape index (κ3) is 2.76. The van der Waals surface area contributed by atoms with Crippen LogP contribution in [0.1, 0.15) is 41.3 Å². The molecule has 5 rings (SSSR count). The summed E-state index contributed by atoms with van der Waals surface area (Å²) >= 11 is 0. The first-order chi connectivity index (χ1) is 14.5. The first-order valence-corrected chi connectivity index (χ1v) is 10.9. The normalized spacial score (nSPS) is 29.9. The second-order valence-electron chi connectivity index (χ2n) is 8.87. The molecule has 1 unspecified atom stereocenters. The number of fused-ring (bicyclic) bond motifs is 3. The van der Waals surface area contributed by atoms with Crippen LogP contribution in [0.2, 0.25) is 0 Å². The Morgan fingerprint density at radius 3 is 2.33 bits per heavy atom. The Labute approximate surface area is 176 Å². The number of rotatable bonds is 4. The molecule has 0 saturated carbocycles. The highest BCUT2D eigenvalue weighted by Gasteiger charge is 2.68. The fourth-order valence-corrected chi connectivity index (χ4v) is 5.77. The molecule has 3 aliphatic heterocycles. The van der Waals surface area contributed by atoms with E-state index < -0.39 is 12.0 Å². The molecule has 5 atom stereocenters. The van der Waals surface area contributed by atoms with Gasteiger partial charge in [0.25, 0.3) is 0 Å². The van der Waals surface area contributed by atoms with E-state index in [0.717, 1.165) is 41.8 Å². The van der Waals surface area contributed by atoms with E-state index in [1.165, 1.54) is 4.90 Å². The molecule has 0 bridgehead atoms. The van der Waals surface area contributed by atoms with Gasteiger partial charge >= 0.3 is 0 Å². The molecule has 1 N–H and O–H groups in total. The number of carbonyl (C=O) groups is 3. The van der Waals surface area contributed by atoms with Crippen LogP contribution in [-0.2, 0) is 16.0 Å². The fraction of sp³-hybridized carbons (Fsp3) is 0.400. The van der Waals surface area contributed by atoms with Crippen LogP contribution in [0.3, 0.4) is 0 Å². The number of hydrogen-bond donors (Lipinski definition) is 1. The van der Waals surface area contributed by atoms with Crippen LogP contribution in [-0.4, -0.2) is 36.2 Å². The second kappa shape index (κ2) is 7.17. The van der Waals surface area contributed by atoms with Gasteiger partial charge in [0.2, 0.25) is 17.6 Å². The summed E-state index contributed by atoms with van der Waals surface area (Å²) in [6, 6.07) is 14.8. The highest BCUT2D eigenvalue weighted by Crippen LogP contribution is 2.40. The highest BCUT2D eigenvalue weighted by atomic mass is 16.2. The number of hydrogen-bond acceptors (Lipinski definition) is 3. The molecule has 154 valence electrons. The molecule has 5 heteroatoms. The molecule has 2 amide bonds. The van der Waals surface area contributed by atoms with Crippen molar-refractivity contribution in [2.75, 3.05) is 11.4 Å². The molecule has 2 aromatic rings. The van der Waals surface area contributed by atoms with Crippen molar-refractivity contribution in [2.24, 2.45) is 11.8 Å². The van der Waals surface area contributed by atoms with Gasteiger partial charge in [0.15, 0.2) is 6.04 Å². The molecule has 0 radical (unpaired) electrons. The maximum absolute atomic E-state index is 13.5. The first kappa shape index (κ1) is 19.2. The summed E-state index contributed by atoms with van der Waals surface area (Å²) < 4.78 is 0. The fourth-order valence-electron chi connectivity index (χ4n) is 5.77. The van der Waals surface area contributed by atoms with Crippen molar-refractivity contribution in [2.45, 2.75) is 45.2 Å². The molecule has 2 aromatic carbocycles. The van der Waals surface area contributed by atoms with Gasteiger partial charge in [-0.15, -0.1) is 0 Å². The summed E-state index contributed by atoms with van der Waals surface area (Å²) in [5.74, 6) is -1.29. The Bertz CT molecular complexity index is 1010. The van der Waals surface area contributed by atoms with Crippen LogP contribution in [0.4, 0.5) is 5.69 Å². The number of nitrogens with zero attached hydrogens (tertiary/aromatic N) is 1. The zero-order valence-electron chi connectivity index (χ0n) is 17.4. The van der Waals surface area contributed by atoms with E-state index in [2.05, 4.69) is 6.92 Å².